The first-order valence-corrected chi connectivity index (χ1v) is 10.0. The Morgan fingerprint density at radius 1 is 1.28 bits per heavy atom. The minimum atomic E-state index is -0.833. The van der Waals surface area contributed by atoms with E-state index in [0.717, 1.165) is 38.5 Å². The van der Waals surface area contributed by atoms with Crippen molar-refractivity contribution in [1.82, 2.24) is 0 Å². The Hall–Kier alpha value is -0.870. The quantitative estimate of drug-likeness (QED) is 0.448. The first kappa shape index (κ1) is 16.3. The van der Waals surface area contributed by atoms with Crippen LogP contribution in [0.3, 0.4) is 0 Å². The van der Waals surface area contributed by atoms with Crippen LogP contribution in [0.4, 0.5) is 0 Å². The van der Waals surface area contributed by atoms with Gasteiger partial charge in [-0.15, -0.1) is 0 Å². The molecular formula is C21H30O4. The zero-order valence-electron chi connectivity index (χ0n) is 15.6. The van der Waals surface area contributed by atoms with Crippen molar-refractivity contribution in [3.8, 4) is 0 Å². The van der Waals surface area contributed by atoms with Gasteiger partial charge in [-0.05, 0) is 61.7 Å². The molecule has 5 rings (SSSR count). The summed E-state index contributed by atoms with van der Waals surface area (Å²) in [5.41, 5.74) is 1.71. The van der Waals surface area contributed by atoms with Gasteiger partial charge in [0.15, 0.2) is 5.79 Å². The lowest BCUT2D eigenvalue weighted by Gasteiger charge is -2.58. The lowest BCUT2D eigenvalue weighted by Crippen LogP contribution is -2.53. The molecular weight excluding hydrogens is 316 g/mol. The van der Waals surface area contributed by atoms with E-state index in [0.29, 0.717) is 17.8 Å². The SMILES string of the molecule is CC(=O)OC1CCC2(C)C(=CCC3C2CCC2(C)C3CC3OC32O)C1. The molecule has 5 aliphatic rings. The summed E-state index contributed by atoms with van der Waals surface area (Å²) in [7, 11) is 0. The number of epoxide rings is 1. The zero-order valence-corrected chi connectivity index (χ0v) is 15.6. The van der Waals surface area contributed by atoms with Gasteiger partial charge in [0.05, 0.1) is 0 Å². The van der Waals surface area contributed by atoms with E-state index in [2.05, 4.69) is 19.9 Å². The molecule has 138 valence electrons. The first-order chi connectivity index (χ1) is 11.8. The summed E-state index contributed by atoms with van der Waals surface area (Å²) in [6, 6.07) is 0. The first-order valence-electron chi connectivity index (χ1n) is 10.0. The molecule has 8 atom stereocenters. The maximum absolute atomic E-state index is 11.3. The van der Waals surface area contributed by atoms with Crippen LogP contribution < -0.4 is 0 Å². The molecule has 0 aromatic rings. The van der Waals surface area contributed by atoms with Crippen molar-refractivity contribution in [1.29, 1.82) is 0 Å². The number of ether oxygens (including phenoxy) is 2. The molecule has 4 nitrogen and oxygen atoms in total. The molecule has 1 saturated heterocycles. The smallest absolute Gasteiger partial charge is 0.302 e. The molecule has 25 heavy (non-hydrogen) atoms. The van der Waals surface area contributed by atoms with E-state index < -0.39 is 5.79 Å². The fourth-order valence-corrected chi connectivity index (χ4v) is 7.29. The van der Waals surface area contributed by atoms with E-state index in [1.807, 2.05) is 0 Å². The van der Waals surface area contributed by atoms with E-state index in [4.69, 9.17) is 9.47 Å². The highest BCUT2D eigenvalue weighted by Gasteiger charge is 2.77. The minimum Gasteiger partial charge on any atom is -0.462 e. The van der Waals surface area contributed by atoms with Gasteiger partial charge < -0.3 is 14.6 Å². The molecule has 0 aromatic heterocycles. The van der Waals surface area contributed by atoms with Crippen LogP contribution in [0.15, 0.2) is 11.6 Å². The molecule has 0 aromatic carbocycles. The van der Waals surface area contributed by atoms with Crippen molar-refractivity contribution in [2.24, 2.45) is 28.6 Å². The maximum atomic E-state index is 11.3. The van der Waals surface area contributed by atoms with Gasteiger partial charge in [0.2, 0.25) is 0 Å². The molecule has 1 aliphatic heterocycles. The summed E-state index contributed by atoms with van der Waals surface area (Å²) in [5, 5.41) is 10.8. The molecule has 3 saturated carbocycles. The lowest BCUT2D eigenvalue weighted by molar-refractivity contribution is -0.155. The third-order valence-corrected chi connectivity index (χ3v) is 8.77. The topological polar surface area (TPSA) is 59.1 Å². The highest BCUT2D eigenvalue weighted by Crippen LogP contribution is 2.72. The van der Waals surface area contributed by atoms with Gasteiger partial charge in [0.1, 0.15) is 12.2 Å². The Morgan fingerprint density at radius 2 is 2.08 bits per heavy atom. The Morgan fingerprint density at radius 3 is 2.84 bits per heavy atom. The average molecular weight is 346 g/mol. The number of fused-ring (bicyclic) bond motifs is 7. The normalized spacial score (nSPS) is 56.0. The Kier molecular flexibility index (Phi) is 3.19. The minimum absolute atomic E-state index is 0.0600. The molecule has 4 heteroatoms. The highest BCUT2D eigenvalue weighted by molar-refractivity contribution is 5.66. The van der Waals surface area contributed by atoms with Crippen LogP contribution >= 0.6 is 0 Å². The van der Waals surface area contributed by atoms with Gasteiger partial charge in [-0.1, -0.05) is 25.5 Å². The fourth-order valence-electron chi connectivity index (χ4n) is 7.29. The lowest BCUT2D eigenvalue weighted by atomic mass is 9.47. The molecule has 0 radical (unpaired) electrons. The van der Waals surface area contributed by atoms with E-state index >= 15 is 0 Å². The number of esters is 1. The number of carbonyl (C=O) groups excluding carboxylic acids is 1. The van der Waals surface area contributed by atoms with Crippen molar-refractivity contribution in [3.63, 3.8) is 0 Å². The van der Waals surface area contributed by atoms with E-state index in [1.165, 1.54) is 18.9 Å². The van der Waals surface area contributed by atoms with Gasteiger partial charge in [0, 0.05) is 18.8 Å². The summed E-state index contributed by atoms with van der Waals surface area (Å²) < 4.78 is 11.2. The van der Waals surface area contributed by atoms with Gasteiger partial charge in [-0.2, -0.15) is 0 Å². The molecule has 1 heterocycles. The number of rotatable bonds is 1. The fraction of sp³-hybridized carbons (Fsp3) is 0.857. The van der Waals surface area contributed by atoms with Crippen LogP contribution in [0.1, 0.15) is 65.7 Å². The number of allylic oxidation sites excluding steroid dienone is 1. The van der Waals surface area contributed by atoms with Crippen molar-refractivity contribution in [2.75, 3.05) is 0 Å². The average Bonchev–Trinajstić information content (AvgIpc) is 3.16. The number of carbonyl (C=O) groups is 1. The van der Waals surface area contributed by atoms with Gasteiger partial charge in [0.25, 0.3) is 0 Å². The number of hydrogen-bond donors (Lipinski definition) is 1. The second kappa shape index (κ2) is 4.89. The molecule has 8 unspecified atom stereocenters. The highest BCUT2D eigenvalue weighted by atomic mass is 16.7. The van der Waals surface area contributed by atoms with Crippen molar-refractivity contribution >= 4 is 5.97 Å². The van der Waals surface area contributed by atoms with Crippen LogP contribution in [0.25, 0.3) is 0 Å². The predicted octanol–water partition coefficient (Wildman–Crippen LogP) is 3.58. The van der Waals surface area contributed by atoms with Gasteiger partial charge >= 0.3 is 5.97 Å². The van der Waals surface area contributed by atoms with E-state index in [1.54, 1.807) is 0 Å². The summed E-state index contributed by atoms with van der Waals surface area (Å²) >= 11 is 0. The van der Waals surface area contributed by atoms with Crippen LogP contribution in [0, 0.1) is 28.6 Å². The Labute approximate surface area is 150 Å². The second-order valence-corrected chi connectivity index (χ2v) is 9.73. The molecule has 1 N–H and O–H groups in total. The molecule has 4 fully saturated rings. The van der Waals surface area contributed by atoms with Crippen LogP contribution in [-0.2, 0) is 14.3 Å². The van der Waals surface area contributed by atoms with Crippen LogP contribution in [0.5, 0.6) is 0 Å². The summed E-state index contributed by atoms with van der Waals surface area (Å²) in [6.45, 7) is 6.22. The zero-order chi connectivity index (χ0) is 17.6. The van der Waals surface area contributed by atoms with Gasteiger partial charge in [-0.25, -0.2) is 0 Å². The second-order valence-electron chi connectivity index (χ2n) is 9.73. The Bertz CT molecular complexity index is 656. The maximum Gasteiger partial charge on any atom is 0.302 e. The Balaban J connectivity index is 1.42. The van der Waals surface area contributed by atoms with Crippen LogP contribution in [-0.4, -0.2) is 29.1 Å². The number of aliphatic hydroxyl groups is 1. The third-order valence-electron chi connectivity index (χ3n) is 8.77. The number of hydrogen-bond acceptors (Lipinski definition) is 4. The summed E-state index contributed by atoms with van der Waals surface area (Å²) in [6.07, 6.45) is 10.0. The van der Waals surface area contributed by atoms with Crippen LogP contribution in [0.2, 0.25) is 0 Å². The predicted molar refractivity (Wildman–Crippen MR) is 92.5 cm³/mol. The summed E-state index contributed by atoms with van der Waals surface area (Å²) in [4.78, 5) is 11.3. The largest absolute Gasteiger partial charge is 0.462 e. The third kappa shape index (κ3) is 1.98. The van der Waals surface area contributed by atoms with E-state index in [-0.39, 0.29) is 29.0 Å². The van der Waals surface area contributed by atoms with Gasteiger partial charge in [-0.3, -0.25) is 4.79 Å². The molecule has 0 amide bonds. The molecule has 0 bridgehead atoms. The van der Waals surface area contributed by atoms with E-state index in [9.17, 15) is 9.90 Å². The monoisotopic (exact) mass is 346 g/mol. The molecule has 0 spiro atoms. The standard InChI is InChI=1S/C21H30O4/c1-12(22)24-14-6-8-19(2)13(10-14)4-5-15-16(19)7-9-20(3)17(15)11-18-21(20,23)25-18/h4,14-18,23H,5-11H2,1-3H3. The van der Waals surface area contributed by atoms with Crippen molar-refractivity contribution in [3.05, 3.63) is 11.6 Å². The molecule has 4 aliphatic carbocycles. The van der Waals surface area contributed by atoms with Crippen molar-refractivity contribution in [2.45, 2.75) is 83.7 Å². The van der Waals surface area contributed by atoms with Crippen molar-refractivity contribution < 1.29 is 19.4 Å². The summed E-state index contributed by atoms with van der Waals surface area (Å²) in [5.74, 6) is 0.953.